The van der Waals surface area contributed by atoms with Crippen molar-refractivity contribution in [2.75, 3.05) is 25.0 Å². The van der Waals surface area contributed by atoms with Gasteiger partial charge in [0.05, 0.1) is 0 Å². The second-order valence-corrected chi connectivity index (χ2v) is 5.30. The number of nitrogens with one attached hydrogen (secondary N) is 1. The van der Waals surface area contributed by atoms with Crippen molar-refractivity contribution in [2.45, 2.75) is 52.0 Å². The fourth-order valence-corrected chi connectivity index (χ4v) is 3.02. The minimum atomic E-state index is 0.465. The number of nitrogens with zero attached hydrogens (tertiary/aromatic N) is 3. The van der Waals surface area contributed by atoms with Gasteiger partial charge in [-0.25, -0.2) is 0 Å². The molecule has 1 aromatic heterocycles. The predicted octanol–water partition coefficient (Wildman–Crippen LogP) is 2.24. The van der Waals surface area contributed by atoms with Crippen LogP contribution in [0.25, 0.3) is 0 Å². The average molecular weight is 266 g/mol. The predicted molar refractivity (Wildman–Crippen MR) is 76.4 cm³/mol. The highest BCUT2D eigenvalue weighted by molar-refractivity contribution is 5.26. The first-order valence-corrected chi connectivity index (χ1v) is 7.53. The van der Waals surface area contributed by atoms with E-state index in [9.17, 15) is 0 Å². The molecule has 1 atom stereocenters. The monoisotopic (exact) mass is 266 g/mol. The molecule has 1 aliphatic rings. The Bertz CT molecular complexity index is 369. The van der Waals surface area contributed by atoms with Crippen LogP contribution in [0.3, 0.4) is 0 Å². The summed E-state index contributed by atoms with van der Waals surface area (Å²) in [5.41, 5.74) is 0. The molecule has 1 saturated carbocycles. The van der Waals surface area contributed by atoms with Crippen molar-refractivity contribution >= 4 is 5.95 Å². The molecule has 0 radical (unpaired) electrons. The van der Waals surface area contributed by atoms with Crippen molar-refractivity contribution in [3.05, 3.63) is 5.89 Å². The molecule has 0 aromatic carbocycles. The molecule has 2 rings (SSSR count). The summed E-state index contributed by atoms with van der Waals surface area (Å²) in [4.78, 5) is 6.63. The van der Waals surface area contributed by atoms with Gasteiger partial charge < -0.3 is 14.7 Å². The van der Waals surface area contributed by atoms with Gasteiger partial charge in [-0.15, -0.1) is 0 Å². The molecule has 0 amide bonds. The number of likely N-dealkylation sites (N-methyl/N-ethyl adjacent to an activating group) is 1. The molecular weight excluding hydrogens is 240 g/mol. The smallest absolute Gasteiger partial charge is 0.266 e. The summed E-state index contributed by atoms with van der Waals surface area (Å²) in [6, 6.07) is 0.465. The molecule has 0 bridgehead atoms. The maximum atomic E-state index is 5.40. The molecule has 1 aromatic rings. The Labute approximate surface area is 115 Å². The molecule has 1 N–H and O–H groups in total. The Morgan fingerprint density at radius 1 is 1.32 bits per heavy atom. The Balaban J connectivity index is 1.97. The molecular formula is C14H26N4O. The highest BCUT2D eigenvalue weighted by Gasteiger charge is 2.26. The van der Waals surface area contributed by atoms with Crippen molar-refractivity contribution in [3.8, 4) is 0 Å². The molecule has 1 heterocycles. The lowest BCUT2D eigenvalue weighted by Crippen LogP contribution is -2.34. The summed E-state index contributed by atoms with van der Waals surface area (Å²) >= 11 is 0. The first-order chi connectivity index (χ1) is 9.28. The summed E-state index contributed by atoms with van der Waals surface area (Å²) < 4.78 is 5.40. The van der Waals surface area contributed by atoms with Gasteiger partial charge in [0.25, 0.3) is 5.95 Å². The van der Waals surface area contributed by atoms with Crippen LogP contribution in [0.2, 0.25) is 0 Å². The van der Waals surface area contributed by atoms with Crippen molar-refractivity contribution in [3.63, 3.8) is 0 Å². The van der Waals surface area contributed by atoms with E-state index in [2.05, 4.69) is 34.2 Å². The molecule has 5 nitrogen and oxygen atoms in total. The summed E-state index contributed by atoms with van der Waals surface area (Å²) in [6.07, 6.45) is 6.20. The van der Waals surface area contributed by atoms with Crippen molar-refractivity contribution < 1.29 is 4.52 Å². The topological polar surface area (TPSA) is 54.2 Å². The van der Waals surface area contributed by atoms with Crippen molar-refractivity contribution in [1.82, 2.24) is 15.5 Å². The van der Waals surface area contributed by atoms with Gasteiger partial charge in [-0.05, 0) is 44.8 Å². The number of hydrogen-bond donors (Lipinski definition) is 1. The third-order valence-corrected chi connectivity index (χ3v) is 4.24. The van der Waals surface area contributed by atoms with Gasteiger partial charge in [0.2, 0.25) is 5.89 Å². The Morgan fingerprint density at radius 2 is 2.00 bits per heavy atom. The molecule has 1 fully saturated rings. The molecule has 1 aliphatic carbocycles. The van der Waals surface area contributed by atoms with E-state index in [0.29, 0.717) is 6.04 Å². The van der Waals surface area contributed by atoms with E-state index in [-0.39, 0.29) is 0 Å². The van der Waals surface area contributed by atoms with Crippen LogP contribution >= 0.6 is 0 Å². The van der Waals surface area contributed by atoms with Gasteiger partial charge in [-0.3, -0.25) is 0 Å². The van der Waals surface area contributed by atoms with Crippen LogP contribution in [-0.4, -0.2) is 36.3 Å². The van der Waals surface area contributed by atoms with Crippen LogP contribution in [0.15, 0.2) is 4.52 Å². The standard InChI is InChI=1S/C14H26N4O/c1-4-18(5-2)14-16-13(19-17-14)10-12(15-3)11-8-6-7-9-11/h11-12,15H,4-10H2,1-3H3. The van der Waals surface area contributed by atoms with Gasteiger partial charge in [-0.1, -0.05) is 12.8 Å². The lowest BCUT2D eigenvalue weighted by molar-refractivity contribution is 0.318. The van der Waals surface area contributed by atoms with E-state index >= 15 is 0 Å². The second kappa shape index (κ2) is 6.89. The SMILES string of the molecule is CCN(CC)c1noc(CC(NC)C2CCCC2)n1. The zero-order chi connectivity index (χ0) is 13.7. The normalized spacial score (nSPS) is 17.8. The molecule has 0 spiro atoms. The molecule has 0 aliphatic heterocycles. The fraction of sp³-hybridized carbons (Fsp3) is 0.857. The van der Waals surface area contributed by atoms with E-state index in [1.165, 1.54) is 25.7 Å². The van der Waals surface area contributed by atoms with Crippen LogP contribution < -0.4 is 10.2 Å². The lowest BCUT2D eigenvalue weighted by Gasteiger charge is -2.21. The summed E-state index contributed by atoms with van der Waals surface area (Å²) in [5.74, 6) is 2.24. The minimum Gasteiger partial charge on any atom is -0.339 e. The molecule has 19 heavy (non-hydrogen) atoms. The summed E-state index contributed by atoms with van der Waals surface area (Å²) in [5, 5.41) is 7.50. The quantitative estimate of drug-likeness (QED) is 0.820. The van der Waals surface area contributed by atoms with Crippen LogP contribution in [-0.2, 0) is 6.42 Å². The Hall–Kier alpha value is -1.10. The van der Waals surface area contributed by atoms with Crippen LogP contribution in [0, 0.1) is 5.92 Å². The van der Waals surface area contributed by atoms with E-state index in [4.69, 9.17) is 4.52 Å². The lowest BCUT2D eigenvalue weighted by atomic mass is 9.95. The van der Waals surface area contributed by atoms with Gasteiger partial charge >= 0.3 is 0 Å². The average Bonchev–Trinajstić information content (AvgIpc) is 3.09. The van der Waals surface area contributed by atoms with Gasteiger partial charge in [0, 0.05) is 25.6 Å². The zero-order valence-electron chi connectivity index (χ0n) is 12.4. The molecule has 108 valence electrons. The third-order valence-electron chi connectivity index (χ3n) is 4.24. The maximum Gasteiger partial charge on any atom is 0.266 e. The van der Waals surface area contributed by atoms with Crippen LogP contribution in [0.4, 0.5) is 5.95 Å². The van der Waals surface area contributed by atoms with E-state index in [1.54, 1.807) is 0 Å². The Kier molecular flexibility index (Phi) is 5.19. The van der Waals surface area contributed by atoms with E-state index in [1.807, 2.05) is 7.05 Å². The maximum absolute atomic E-state index is 5.40. The largest absolute Gasteiger partial charge is 0.339 e. The van der Waals surface area contributed by atoms with Crippen LogP contribution in [0.1, 0.15) is 45.4 Å². The zero-order valence-corrected chi connectivity index (χ0v) is 12.4. The second-order valence-electron chi connectivity index (χ2n) is 5.30. The number of aromatic nitrogens is 2. The first-order valence-electron chi connectivity index (χ1n) is 7.53. The summed E-state index contributed by atoms with van der Waals surface area (Å²) in [7, 11) is 2.03. The summed E-state index contributed by atoms with van der Waals surface area (Å²) in [6.45, 7) is 6.03. The highest BCUT2D eigenvalue weighted by atomic mass is 16.5. The third kappa shape index (κ3) is 3.47. The van der Waals surface area contributed by atoms with Crippen molar-refractivity contribution in [1.29, 1.82) is 0 Å². The minimum absolute atomic E-state index is 0.465. The highest BCUT2D eigenvalue weighted by Crippen LogP contribution is 2.29. The van der Waals surface area contributed by atoms with E-state index < -0.39 is 0 Å². The fourth-order valence-electron chi connectivity index (χ4n) is 3.02. The molecule has 0 saturated heterocycles. The van der Waals surface area contributed by atoms with Gasteiger partial charge in [-0.2, -0.15) is 4.98 Å². The Morgan fingerprint density at radius 3 is 2.58 bits per heavy atom. The number of hydrogen-bond acceptors (Lipinski definition) is 5. The number of anilines is 1. The van der Waals surface area contributed by atoms with Crippen molar-refractivity contribution in [2.24, 2.45) is 5.92 Å². The van der Waals surface area contributed by atoms with Crippen LogP contribution in [0.5, 0.6) is 0 Å². The van der Waals surface area contributed by atoms with Gasteiger partial charge in [0.1, 0.15) is 0 Å². The van der Waals surface area contributed by atoms with Gasteiger partial charge in [0.15, 0.2) is 0 Å². The number of rotatable bonds is 7. The first kappa shape index (κ1) is 14.3. The molecule has 5 heteroatoms. The van der Waals surface area contributed by atoms with E-state index in [0.717, 1.165) is 37.3 Å². The molecule has 1 unspecified atom stereocenters.